The summed E-state index contributed by atoms with van der Waals surface area (Å²) in [6.45, 7) is 31.7. The monoisotopic (exact) mass is 763 g/mol. The normalized spacial score (nSPS) is 25.0. The van der Waals surface area contributed by atoms with Gasteiger partial charge in [0.15, 0.2) is 6.29 Å². The number of rotatable bonds is 8. The Labute approximate surface area is 326 Å². The van der Waals surface area contributed by atoms with Crippen molar-refractivity contribution in [2.45, 2.75) is 207 Å². The van der Waals surface area contributed by atoms with Crippen LogP contribution in [0.15, 0.2) is 12.1 Å². The highest BCUT2D eigenvalue weighted by molar-refractivity contribution is 5.77. The molecule has 0 radical (unpaired) electrons. The highest BCUT2D eigenvalue weighted by Crippen LogP contribution is 2.43. The standard InChI is InChI=1S/C22H40N2O6.C21H34O3/c1-19(2)11-15(12-20(3,4)23(19)27)29-17(25)9-10-18(26)30-16-13-21(5,6)24(28)22(7,8)14-16;1-8-9-14-12-23-19(24-13-14)15-10-16(20(2,3)4)18(22)17(11-15)21(5,6)7/h15-16,27-28H,9-14H2,1-8H3;10-11,14,19,22H,8-9,12-13H2,1-7H3. The molecule has 3 N–H and O–H groups in total. The van der Waals surface area contributed by atoms with Gasteiger partial charge in [-0.15, -0.1) is 0 Å². The summed E-state index contributed by atoms with van der Waals surface area (Å²) < 4.78 is 23.2. The van der Waals surface area contributed by atoms with Gasteiger partial charge in [-0.1, -0.05) is 54.9 Å². The number of carbonyl (C=O) groups is 2. The van der Waals surface area contributed by atoms with Crippen LogP contribution in [0.5, 0.6) is 5.75 Å². The minimum atomic E-state index is -0.507. The highest BCUT2D eigenvalue weighted by Gasteiger charge is 2.47. The molecule has 0 amide bonds. The Morgan fingerprint density at radius 2 is 1.04 bits per heavy atom. The average Bonchev–Trinajstić information content (AvgIpc) is 3.01. The minimum absolute atomic E-state index is 0.0370. The number of carbonyl (C=O) groups excluding carboxylic acids is 2. The van der Waals surface area contributed by atoms with Crippen LogP contribution in [0.4, 0.5) is 0 Å². The Morgan fingerprint density at radius 1 is 0.704 bits per heavy atom. The molecular formula is C43H74N2O9. The lowest BCUT2D eigenvalue weighted by Gasteiger charge is -2.51. The van der Waals surface area contributed by atoms with E-state index in [4.69, 9.17) is 18.9 Å². The fourth-order valence-corrected chi connectivity index (χ4v) is 8.46. The van der Waals surface area contributed by atoms with Crippen molar-refractivity contribution in [1.82, 2.24) is 10.1 Å². The molecule has 0 aromatic heterocycles. The number of hydroxylamine groups is 4. The van der Waals surface area contributed by atoms with E-state index in [1.165, 1.54) is 10.1 Å². The lowest BCUT2D eigenvalue weighted by atomic mass is 9.78. The third kappa shape index (κ3) is 11.9. The zero-order chi connectivity index (χ0) is 41.2. The molecule has 1 aromatic rings. The second kappa shape index (κ2) is 17.1. The molecule has 3 aliphatic rings. The molecule has 4 rings (SSSR count). The van der Waals surface area contributed by atoms with E-state index in [2.05, 4.69) is 60.6 Å². The molecule has 0 atom stereocenters. The van der Waals surface area contributed by atoms with Crippen LogP contribution in [0.1, 0.15) is 178 Å². The van der Waals surface area contributed by atoms with Crippen molar-refractivity contribution in [3.8, 4) is 5.75 Å². The van der Waals surface area contributed by atoms with Crippen molar-refractivity contribution in [3.05, 3.63) is 28.8 Å². The van der Waals surface area contributed by atoms with Crippen molar-refractivity contribution >= 4 is 11.9 Å². The third-order valence-electron chi connectivity index (χ3n) is 11.0. The van der Waals surface area contributed by atoms with Crippen LogP contribution >= 0.6 is 0 Å². The summed E-state index contributed by atoms with van der Waals surface area (Å²) in [7, 11) is 0. The van der Waals surface area contributed by atoms with Crippen LogP contribution in [0, 0.1) is 5.92 Å². The second-order valence-electron chi connectivity index (χ2n) is 20.5. The Morgan fingerprint density at radius 3 is 1.33 bits per heavy atom. The van der Waals surface area contributed by atoms with Crippen LogP contribution < -0.4 is 0 Å². The van der Waals surface area contributed by atoms with Gasteiger partial charge in [0.2, 0.25) is 0 Å². The Bertz CT molecular complexity index is 1300. The minimum Gasteiger partial charge on any atom is -0.507 e. The first kappa shape index (κ1) is 46.1. The average molecular weight is 763 g/mol. The number of hydrogen-bond acceptors (Lipinski definition) is 11. The first-order chi connectivity index (χ1) is 24.5. The summed E-state index contributed by atoms with van der Waals surface area (Å²) in [6, 6.07) is 4.10. The summed E-state index contributed by atoms with van der Waals surface area (Å²) in [5.74, 6) is 0.0347. The van der Waals surface area contributed by atoms with Crippen LogP contribution in [0.2, 0.25) is 0 Å². The molecule has 0 unspecified atom stereocenters. The van der Waals surface area contributed by atoms with E-state index in [9.17, 15) is 25.1 Å². The molecule has 310 valence electrons. The second-order valence-corrected chi connectivity index (χ2v) is 20.5. The van der Waals surface area contributed by atoms with Crippen LogP contribution in [-0.4, -0.2) is 85.2 Å². The van der Waals surface area contributed by atoms with E-state index in [0.29, 0.717) is 37.4 Å². The van der Waals surface area contributed by atoms with Gasteiger partial charge < -0.3 is 34.5 Å². The largest absolute Gasteiger partial charge is 0.507 e. The van der Waals surface area contributed by atoms with Gasteiger partial charge in [0, 0.05) is 59.3 Å². The molecule has 0 saturated carbocycles. The number of phenols is 1. The SMILES string of the molecule is CC1(C)CC(OC(=O)CCC(=O)OC2CC(C)(C)N(O)C(C)(C)C2)CC(C)(C)N1O.CCCC1COC(c2cc(C(C)(C)C)c(O)c(C(C)(C)C)c2)OC1. The van der Waals surface area contributed by atoms with Gasteiger partial charge in [-0.2, -0.15) is 10.1 Å². The van der Waals surface area contributed by atoms with Gasteiger partial charge in [0.1, 0.15) is 18.0 Å². The number of esters is 2. The summed E-state index contributed by atoms with van der Waals surface area (Å²) in [5, 5.41) is 34.2. The molecule has 3 aliphatic heterocycles. The third-order valence-corrected chi connectivity index (χ3v) is 11.0. The lowest BCUT2D eigenvalue weighted by Crippen LogP contribution is -2.60. The highest BCUT2D eigenvalue weighted by atomic mass is 16.7. The Balaban J connectivity index is 0.000000297. The topological polar surface area (TPSA) is 138 Å². The van der Waals surface area contributed by atoms with Gasteiger partial charge in [-0.25, -0.2) is 0 Å². The van der Waals surface area contributed by atoms with Crippen LogP contribution in [-0.2, 0) is 39.4 Å². The molecule has 54 heavy (non-hydrogen) atoms. The van der Waals surface area contributed by atoms with Crippen molar-refractivity contribution in [1.29, 1.82) is 0 Å². The Hall–Kier alpha value is -2.28. The first-order valence-corrected chi connectivity index (χ1v) is 20.0. The van der Waals surface area contributed by atoms with E-state index in [-0.39, 0.29) is 42.2 Å². The predicted octanol–water partition coefficient (Wildman–Crippen LogP) is 9.12. The van der Waals surface area contributed by atoms with Crippen molar-refractivity contribution < 1.29 is 44.1 Å². The smallest absolute Gasteiger partial charge is 0.306 e. The van der Waals surface area contributed by atoms with Gasteiger partial charge in [0.05, 0.1) is 26.1 Å². The van der Waals surface area contributed by atoms with Crippen molar-refractivity contribution in [3.63, 3.8) is 0 Å². The fraction of sp³-hybridized carbons (Fsp3) is 0.814. The molecule has 11 heteroatoms. The fourth-order valence-electron chi connectivity index (χ4n) is 8.46. The van der Waals surface area contributed by atoms with E-state index in [1.54, 1.807) is 0 Å². The van der Waals surface area contributed by atoms with Gasteiger partial charge in [-0.3, -0.25) is 9.59 Å². The number of piperidine rings is 2. The number of benzene rings is 1. The van der Waals surface area contributed by atoms with Crippen molar-refractivity contribution in [2.75, 3.05) is 13.2 Å². The van der Waals surface area contributed by atoms with Crippen molar-refractivity contribution in [2.24, 2.45) is 5.92 Å². The first-order valence-electron chi connectivity index (χ1n) is 20.0. The maximum atomic E-state index is 12.3. The van der Waals surface area contributed by atoms with E-state index in [0.717, 1.165) is 42.7 Å². The van der Waals surface area contributed by atoms with E-state index in [1.807, 2.05) is 55.4 Å². The Kier molecular flexibility index (Phi) is 14.6. The molecular weight excluding hydrogens is 688 g/mol. The number of aromatic hydroxyl groups is 1. The molecule has 3 fully saturated rings. The zero-order valence-electron chi connectivity index (χ0n) is 36.2. The summed E-state index contributed by atoms with van der Waals surface area (Å²) in [5.41, 5.74) is 0.608. The van der Waals surface area contributed by atoms with Crippen LogP contribution in [0.25, 0.3) is 0 Å². The summed E-state index contributed by atoms with van der Waals surface area (Å²) in [4.78, 5) is 24.6. The molecule has 3 heterocycles. The molecule has 1 aromatic carbocycles. The molecule has 0 bridgehead atoms. The summed E-state index contributed by atoms with van der Waals surface area (Å²) >= 11 is 0. The van der Waals surface area contributed by atoms with E-state index < -0.39 is 34.1 Å². The number of hydrogen-bond donors (Lipinski definition) is 3. The predicted molar refractivity (Wildman–Crippen MR) is 210 cm³/mol. The quantitative estimate of drug-likeness (QED) is 0.219. The maximum absolute atomic E-state index is 12.3. The number of phenolic OH excluding ortho intramolecular Hbond substituents is 1. The molecule has 3 saturated heterocycles. The lowest BCUT2D eigenvalue weighted by molar-refractivity contribution is -0.260. The summed E-state index contributed by atoms with van der Waals surface area (Å²) in [6.07, 6.45) is 3.36. The van der Waals surface area contributed by atoms with E-state index >= 15 is 0 Å². The number of nitrogens with zero attached hydrogens (tertiary/aromatic N) is 2. The zero-order valence-corrected chi connectivity index (χ0v) is 36.2. The van der Waals surface area contributed by atoms with Gasteiger partial charge >= 0.3 is 11.9 Å². The van der Waals surface area contributed by atoms with Gasteiger partial charge in [-0.05, 0) is 95.9 Å². The molecule has 0 spiro atoms. The van der Waals surface area contributed by atoms with Crippen LogP contribution in [0.3, 0.4) is 0 Å². The maximum Gasteiger partial charge on any atom is 0.306 e. The molecule has 0 aliphatic carbocycles. The number of ether oxygens (including phenoxy) is 4. The van der Waals surface area contributed by atoms with Gasteiger partial charge in [0.25, 0.3) is 0 Å². The molecule has 11 nitrogen and oxygen atoms in total.